The predicted molar refractivity (Wildman–Crippen MR) is 38.5 cm³/mol. The van der Waals surface area contributed by atoms with Crippen molar-refractivity contribution in [3.05, 3.63) is 23.8 Å². The Morgan fingerprint density at radius 2 is 1.92 bits per heavy atom. The van der Waals surface area contributed by atoms with Crippen molar-refractivity contribution in [2.24, 2.45) is 0 Å². The third-order valence-corrected chi connectivity index (χ3v) is 1.16. The van der Waals surface area contributed by atoms with Crippen molar-refractivity contribution < 1.29 is 13.2 Å². The van der Waals surface area contributed by atoms with Crippen LogP contribution in [-0.2, 0) is 6.18 Å². The fourth-order valence-electron chi connectivity index (χ4n) is 0.696. The van der Waals surface area contributed by atoms with E-state index < -0.39 is 11.9 Å². The predicted octanol–water partition coefficient (Wildman–Crippen LogP) is 2.44. The minimum Gasteiger partial charge on any atom is -0.245 e. The molecule has 1 rings (SSSR count). The van der Waals surface area contributed by atoms with E-state index in [1.54, 1.807) is 0 Å². The third-order valence-electron chi connectivity index (χ3n) is 1.16. The number of aryl methyl sites for hydroxylation is 1. The van der Waals surface area contributed by atoms with Crippen LogP contribution in [0.25, 0.3) is 0 Å². The zero-order chi connectivity index (χ0) is 8.48. The molecule has 0 N–H and O–H groups in total. The lowest BCUT2D eigenvalue weighted by atomic mass is 10.2. The molecule has 0 saturated heterocycles. The molecule has 0 aliphatic heterocycles. The summed E-state index contributed by atoms with van der Waals surface area (Å²) in [4.78, 5) is 6.56. The van der Waals surface area contributed by atoms with Crippen LogP contribution in [0.3, 0.4) is 0 Å². The van der Waals surface area contributed by atoms with Crippen LogP contribution >= 0.6 is 0 Å². The van der Waals surface area contributed by atoms with Gasteiger partial charge in [0.15, 0.2) is 5.69 Å². The Hall–Kier alpha value is -1.13. The van der Waals surface area contributed by atoms with Gasteiger partial charge >= 0.3 is 6.18 Å². The summed E-state index contributed by atoms with van der Waals surface area (Å²) >= 11 is 0. The van der Waals surface area contributed by atoms with Crippen molar-refractivity contribution in [3.63, 3.8) is 0 Å². The molecule has 0 radical (unpaired) electrons. The van der Waals surface area contributed by atoms with Gasteiger partial charge in [0.2, 0.25) is 0 Å². The number of halogens is 3. The molecule has 0 aliphatic rings. The molecule has 0 saturated carbocycles. The molecular formula is C7H9F3N2. The summed E-state index contributed by atoms with van der Waals surface area (Å²) in [6, 6.07) is 0. The summed E-state index contributed by atoms with van der Waals surface area (Å²) in [5.74, 6) is 0. The molecule has 1 aromatic rings. The second-order valence-corrected chi connectivity index (χ2v) is 2.05. The normalized spacial score (nSPS) is 10.7. The van der Waals surface area contributed by atoms with Gasteiger partial charge in [0, 0.05) is 6.20 Å². The lowest BCUT2D eigenvalue weighted by Gasteiger charge is -2.06. The van der Waals surface area contributed by atoms with Crippen molar-refractivity contribution >= 4 is 0 Å². The lowest BCUT2D eigenvalue weighted by molar-refractivity contribution is -0.141. The molecule has 0 aromatic carbocycles. The van der Waals surface area contributed by atoms with Crippen molar-refractivity contribution in [1.29, 1.82) is 0 Å². The van der Waals surface area contributed by atoms with E-state index in [9.17, 15) is 13.2 Å². The van der Waals surface area contributed by atoms with Crippen LogP contribution in [0.2, 0.25) is 0 Å². The number of aromatic nitrogens is 2. The van der Waals surface area contributed by atoms with Gasteiger partial charge in [-0.3, -0.25) is 0 Å². The van der Waals surface area contributed by atoms with Gasteiger partial charge < -0.3 is 0 Å². The Kier molecular flexibility index (Phi) is 3.18. The Morgan fingerprint density at radius 1 is 1.33 bits per heavy atom. The van der Waals surface area contributed by atoms with Crippen LogP contribution in [0.15, 0.2) is 12.5 Å². The van der Waals surface area contributed by atoms with Gasteiger partial charge in [-0.15, -0.1) is 0 Å². The number of alkyl halides is 3. The number of rotatable bonds is 0. The summed E-state index contributed by atoms with van der Waals surface area (Å²) in [5, 5.41) is 0. The number of hydrogen-bond donors (Lipinski definition) is 0. The molecule has 0 atom stereocenters. The molecule has 0 spiro atoms. The van der Waals surface area contributed by atoms with Crippen LogP contribution in [-0.4, -0.2) is 9.97 Å². The highest BCUT2D eigenvalue weighted by molar-refractivity contribution is 5.16. The first-order valence-electron chi connectivity index (χ1n) is 2.85. The Balaban J connectivity index is 0.00000121. The summed E-state index contributed by atoms with van der Waals surface area (Å²) in [6.07, 6.45) is -2.35. The molecule has 0 aliphatic carbocycles. The van der Waals surface area contributed by atoms with Crippen LogP contribution in [0.4, 0.5) is 13.2 Å². The summed E-state index contributed by atoms with van der Waals surface area (Å²) < 4.78 is 35.9. The molecular weight excluding hydrogens is 169 g/mol. The minimum atomic E-state index is -4.37. The smallest absolute Gasteiger partial charge is 0.245 e. The van der Waals surface area contributed by atoms with Gasteiger partial charge in [0.05, 0.1) is 0 Å². The second kappa shape index (κ2) is 3.51. The first kappa shape index (κ1) is 10.9. The van der Waals surface area contributed by atoms with Crippen LogP contribution in [0.5, 0.6) is 0 Å². The zero-order valence-electron chi connectivity index (χ0n) is 5.68. The lowest BCUT2D eigenvalue weighted by Crippen LogP contribution is -2.10. The largest absolute Gasteiger partial charge is 0.433 e. The van der Waals surface area contributed by atoms with Crippen LogP contribution in [0.1, 0.15) is 18.7 Å². The molecule has 0 fully saturated rings. The SMILES string of the molecule is C.Cc1cncnc1C(F)(F)F. The maximum atomic E-state index is 12.0. The van der Waals surface area contributed by atoms with Gasteiger partial charge in [-0.2, -0.15) is 13.2 Å². The van der Waals surface area contributed by atoms with Gasteiger partial charge in [-0.25, -0.2) is 9.97 Å². The molecule has 5 heteroatoms. The van der Waals surface area contributed by atoms with E-state index in [4.69, 9.17) is 0 Å². The van der Waals surface area contributed by atoms with E-state index in [2.05, 4.69) is 9.97 Å². The fourth-order valence-corrected chi connectivity index (χ4v) is 0.696. The highest BCUT2D eigenvalue weighted by Gasteiger charge is 2.33. The molecule has 2 nitrogen and oxygen atoms in total. The maximum absolute atomic E-state index is 12.0. The van der Waals surface area contributed by atoms with Crippen molar-refractivity contribution in [2.75, 3.05) is 0 Å². The topological polar surface area (TPSA) is 25.8 Å². The average Bonchev–Trinajstić information content (AvgIpc) is 1.86. The average molecular weight is 178 g/mol. The van der Waals surface area contributed by atoms with E-state index in [1.807, 2.05) is 0 Å². The Morgan fingerprint density at radius 3 is 2.25 bits per heavy atom. The molecule has 0 bridgehead atoms. The summed E-state index contributed by atoms with van der Waals surface area (Å²) in [5.41, 5.74) is -0.826. The first-order chi connectivity index (χ1) is 5.02. The Labute approximate surface area is 68.5 Å². The van der Waals surface area contributed by atoms with Crippen molar-refractivity contribution in [2.45, 2.75) is 20.5 Å². The molecule has 68 valence electrons. The third kappa shape index (κ3) is 2.18. The van der Waals surface area contributed by atoms with Gasteiger partial charge in [-0.1, -0.05) is 7.43 Å². The molecule has 0 unspecified atom stereocenters. The second-order valence-electron chi connectivity index (χ2n) is 2.05. The fraction of sp³-hybridized carbons (Fsp3) is 0.429. The van der Waals surface area contributed by atoms with Gasteiger partial charge in [0.25, 0.3) is 0 Å². The maximum Gasteiger partial charge on any atom is 0.433 e. The van der Waals surface area contributed by atoms with Crippen LogP contribution in [0, 0.1) is 6.92 Å². The molecule has 12 heavy (non-hydrogen) atoms. The van der Waals surface area contributed by atoms with E-state index in [-0.39, 0.29) is 13.0 Å². The van der Waals surface area contributed by atoms with Crippen molar-refractivity contribution in [3.8, 4) is 0 Å². The number of nitrogens with zero attached hydrogens (tertiary/aromatic N) is 2. The molecule has 1 aromatic heterocycles. The highest BCUT2D eigenvalue weighted by atomic mass is 19.4. The van der Waals surface area contributed by atoms with E-state index in [0.29, 0.717) is 0 Å². The molecule has 1 heterocycles. The standard InChI is InChI=1S/C6H5F3N2.CH4/c1-4-2-10-3-11-5(4)6(7,8)9;/h2-3H,1H3;1H4. The van der Waals surface area contributed by atoms with Crippen LogP contribution < -0.4 is 0 Å². The quantitative estimate of drug-likeness (QED) is 0.609. The minimum absolute atomic E-state index is 0. The zero-order valence-corrected chi connectivity index (χ0v) is 5.68. The van der Waals surface area contributed by atoms with Crippen molar-refractivity contribution in [1.82, 2.24) is 9.97 Å². The van der Waals surface area contributed by atoms with Gasteiger partial charge in [0.1, 0.15) is 6.33 Å². The monoisotopic (exact) mass is 178 g/mol. The first-order valence-corrected chi connectivity index (χ1v) is 2.85. The number of hydrogen-bond acceptors (Lipinski definition) is 2. The highest BCUT2D eigenvalue weighted by Crippen LogP contribution is 2.28. The van der Waals surface area contributed by atoms with E-state index >= 15 is 0 Å². The van der Waals surface area contributed by atoms with E-state index in [1.165, 1.54) is 6.92 Å². The summed E-state index contributed by atoms with van der Waals surface area (Å²) in [7, 11) is 0. The van der Waals surface area contributed by atoms with E-state index in [0.717, 1.165) is 12.5 Å². The van der Waals surface area contributed by atoms with Gasteiger partial charge in [-0.05, 0) is 12.5 Å². The summed E-state index contributed by atoms with van der Waals surface area (Å²) in [6.45, 7) is 1.32. The molecule has 0 amide bonds. The Bertz CT molecular complexity index is 257.